The van der Waals surface area contributed by atoms with Crippen molar-refractivity contribution in [1.82, 2.24) is 0 Å². The first-order chi connectivity index (χ1) is 7.11. The van der Waals surface area contributed by atoms with E-state index in [1.807, 2.05) is 0 Å². The van der Waals surface area contributed by atoms with Crippen LogP contribution in [0.25, 0.3) is 0 Å². The Morgan fingerprint density at radius 1 is 1.27 bits per heavy atom. The van der Waals surface area contributed by atoms with Gasteiger partial charge in [-0.15, -0.1) is 0 Å². The van der Waals surface area contributed by atoms with Crippen LogP contribution in [-0.2, 0) is 0 Å². The summed E-state index contributed by atoms with van der Waals surface area (Å²) in [5, 5.41) is 1.16. The van der Waals surface area contributed by atoms with E-state index in [2.05, 4.69) is 6.92 Å². The minimum Gasteiger partial charge on any atom is -0.493 e. The summed E-state index contributed by atoms with van der Waals surface area (Å²) in [6, 6.07) is 5.35. The van der Waals surface area contributed by atoms with Crippen molar-refractivity contribution in [2.24, 2.45) is 5.73 Å². The molecule has 2 nitrogen and oxygen atoms in total. The van der Waals surface area contributed by atoms with Gasteiger partial charge < -0.3 is 10.5 Å². The Balaban J connectivity index is 2.43. The van der Waals surface area contributed by atoms with Crippen LogP contribution in [0.2, 0.25) is 10.0 Å². The lowest BCUT2D eigenvalue weighted by atomic mass is 10.2. The van der Waals surface area contributed by atoms with Crippen molar-refractivity contribution in [1.29, 1.82) is 0 Å². The lowest BCUT2D eigenvalue weighted by Crippen LogP contribution is -2.21. The van der Waals surface area contributed by atoms with Gasteiger partial charge in [0.15, 0.2) is 0 Å². The first-order valence-corrected chi connectivity index (χ1v) is 5.72. The summed E-state index contributed by atoms with van der Waals surface area (Å²) in [6.07, 6.45) is 1.79. The molecule has 0 aliphatic rings. The fraction of sp³-hybridized carbons (Fsp3) is 0.455. The highest BCUT2D eigenvalue weighted by atomic mass is 35.5. The Morgan fingerprint density at radius 2 is 1.87 bits per heavy atom. The van der Waals surface area contributed by atoms with E-state index in [4.69, 9.17) is 33.7 Å². The monoisotopic (exact) mass is 247 g/mol. The standard InChI is InChI=1S/C11H15Cl2NO/c1-2-10(14)3-4-15-11-6-8(12)5-9(13)7-11/h5-7,10H,2-4,14H2,1H3. The number of halogens is 2. The Kier molecular flexibility index (Phi) is 5.23. The molecule has 0 fully saturated rings. The number of nitrogens with two attached hydrogens (primary N) is 1. The van der Waals surface area contributed by atoms with Crippen LogP contribution in [0, 0.1) is 0 Å². The van der Waals surface area contributed by atoms with Crippen LogP contribution in [0.15, 0.2) is 18.2 Å². The third-order valence-electron chi connectivity index (χ3n) is 2.12. The van der Waals surface area contributed by atoms with E-state index in [1.54, 1.807) is 18.2 Å². The maximum atomic E-state index is 5.83. The third-order valence-corrected chi connectivity index (χ3v) is 2.55. The predicted molar refractivity (Wildman–Crippen MR) is 64.8 cm³/mol. The quantitative estimate of drug-likeness (QED) is 0.865. The molecule has 2 N–H and O–H groups in total. The predicted octanol–water partition coefficient (Wildman–Crippen LogP) is 3.50. The van der Waals surface area contributed by atoms with Crippen LogP contribution in [0.3, 0.4) is 0 Å². The molecule has 15 heavy (non-hydrogen) atoms. The van der Waals surface area contributed by atoms with Crippen molar-refractivity contribution in [2.75, 3.05) is 6.61 Å². The van der Waals surface area contributed by atoms with Gasteiger partial charge in [-0.25, -0.2) is 0 Å². The van der Waals surface area contributed by atoms with E-state index < -0.39 is 0 Å². The zero-order valence-corrected chi connectivity index (χ0v) is 10.2. The van der Waals surface area contributed by atoms with Crippen molar-refractivity contribution in [2.45, 2.75) is 25.8 Å². The Bertz CT molecular complexity index is 297. The summed E-state index contributed by atoms with van der Waals surface area (Å²) in [4.78, 5) is 0. The fourth-order valence-corrected chi connectivity index (χ4v) is 1.65. The molecule has 0 spiro atoms. The molecule has 0 aliphatic carbocycles. The summed E-state index contributed by atoms with van der Waals surface area (Å²) in [7, 11) is 0. The van der Waals surface area contributed by atoms with E-state index in [0.717, 1.165) is 12.8 Å². The molecular formula is C11H15Cl2NO. The van der Waals surface area contributed by atoms with Gasteiger partial charge in [0, 0.05) is 16.1 Å². The van der Waals surface area contributed by atoms with E-state index in [1.165, 1.54) is 0 Å². The number of rotatable bonds is 5. The lowest BCUT2D eigenvalue weighted by molar-refractivity contribution is 0.296. The molecule has 0 amide bonds. The maximum Gasteiger partial charge on any atom is 0.122 e. The van der Waals surface area contributed by atoms with Crippen LogP contribution >= 0.6 is 23.2 Å². The third kappa shape index (κ3) is 4.74. The van der Waals surface area contributed by atoms with Crippen LogP contribution in [0.1, 0.15) is 19.8 Å². The van der Waals surface area contributed by atoms with E-state index in [0.29, 0.717) is 22.4 Å². The van der Waals surface area contributed by atoms with Crippen LogP contribution in [-0.4, -0.2) is 12.6 Å². The fourth-order valence-electron chi connectivity index (χ4n) is 1.14. The van der Waals surface area contributed by atoms with Crippen molar-refractivity contribution in [3.8, 4) is 5.75 Å². The number of hydrogen-bond donors (Lipinski definition) is 1. The maximum absolute atomic E-state index is 5.83. The van der Waals surface area contributed by atoms with E-state index >= 15 is 0 Å². The van der Waals surface area contributed by atoms with Crippen molar-refractivity contribution >= 4 is 23.2 Å². The topological polar surface area (TPSA) is 35.2 Å². The van der Waals surface area contributed by atoms with Crippen LogP contribution < -0.4 is 10.5 Å². The molecule has 0 aromatic heterocycles. The Morgan fingerprint density at radius 3 is 2.40 bits per heavy atom. The van der Waals surface area contributed by atoms with Gasteiger partial charge >= 0.3 is 0 Å². The second-order valence-corrected chi connectivity index (χ2v) is 4.28. The normalized spacial score (nSPS) is 12.5. The SMILES string of the molecule is CCC(N)CCOc1cc(Cl)cc(Cl)c1. The minimum absolute atomic E-state index is 0.194. The second kappa shape index (κ2) is 6.21. The molecule has 1 rings (SSSR count). The molecule has 0 saturated carbocycles. The van der Waals surface area contributed by atoms with Gasteiger partial charge in [-0.05, 0) is 31.0 Å². The molecule has 84 valence electrons. The zero-order chi connectivity index (χ0) is 11.3. The molecular weight excluding hydrogens is 233 g/mol. The summed E-state index contributed by atoms with van der Waals surface area (Å²) in [5.74, 6) is 0.691. The van der Waals surface area contributed by atoms with Gasteiger partial charge in [-0.2, -0.15) is 0 Å². The molecule has 1 unspecified atom stereocenters. The number of hydrogen-bond acceptors (Lipinski definition) is 2. The molecule has 0 saturated heterocycles. The molecule has 0 aliphatic heterocycles. The number of benzene rings is 1. The van der Waals surface area contributed by atoms with E-state index in [-0.39, 0.29) is 6.04 Å². The van der Waals surface area contributed by atoms with Gasteiger partial charge in [0.2, 0.25) is 0 Å². The smallest absolute Gasteiger partial charge is 0.122 e. The Labute approximate surface area is 100 Å². The van der Waals surface area contributed by atoms with E-state index in [9.17, 15) is 0 Å². The largest absolute Gasteiger partial charge is 0.493 e. The first kappa shape index (κ1) is 12.6. The molecule has 0 bridgehead atoms. The molecule has 4 heteroatoms. The first-order valence-electron chi connectivity index (χ1n) is 4.96. The molecule has 1 atom stereocenters. The molecule has 0 radical (unpaired) electrons. The highest BCUT2D eigenvalue weighted by molar-refractivity contribution is 6.34. The van der Waals surface area contributed by atoms with Gasteiger partial charge in [-0.3, -0.25) is 0 Å². The average Bonchev–Trinajstić information content (AvgIpc) is 2.16. The highest BCUT2D eigenvalue weighted by Gasteiger charge is 2.01. The summed E-state index contributed by atoms with van der Waals surface area (Å²) in [5.41, 5.74) is 5.76. The molecule has 1 aromatic carbocycles. The van der Waals surface area contributed by atoms with Crippen LogP contribution in [0.5, 0.6) is 5.75 Å². The van der Waals surface area contributed by atoms with Gasteiger partial charge in [-0.1, -0.05) is 30.1 Å². The summed E-state index contributed by atoms with van der Waals surface area (Å²) in [6.45, 7) is 2.65. The molecule has 1 aromatic rings. The molecule has 0 heterocycles. The van der Waals surface area contributed by atoms with Gasteiger partial charge in [0.25, 0.3) is 0 Å². The second-order valence-electron chi connectivity index (χ2n) is 3.41. The average molecular weight is 248 g/mol. The Hall–Kier alpha value is -0.440. The van der Waals surface area contributed by atoms with Crippen molar-refractivity contribution in [3.63, 3.8) is 0 Å². The summed E-state index contributed by atoms with van der Waals surface area (Å²) >= 11 is 11.7. The zero-order valence-electron chi connectivity index (χ0n) is 8.67. The lowest BCUT2D eigenvalue weighted by Gasteiger charge is -2.10. The summed E-state index contributed by atoms with van der Waals surface area (Å²) < 4.78 is 5.49. The van der Waals surface area contributed by atoms with Crippen molar-refractivity contribution in [3.05, 3.63) is 28.2 Å². The van der Waals surface area contributed by atoms with Crippen LogP contribution in [0.4, 0.5) is 0 Å². The minimum atomic E-state index is 0.194. The highest BCUT2D eigenvalue weighted by Crippen LogP contribution is 2.24. The van der Waals surface area contributed by atoms with Crippen molar-refractivity contribution < 1.29 is 4.74 Å². The number of ether oxygens (including phenoxy) is 1. The van der Waals surface area contributed by atoms with Gasteiger partial charge in [0.1, 0.15) is 5.75 Å². The van der Waals surface area contributed by atoms with Gasteiger partial charge in [0.05, 0.1) is 6.61 Å².